The molecule has 0 amide bonds. The third-order valence-electron chi connectivity index (χ3n) is 2.37. The molecule has 0 saturated heterocycles. The highest BCUT2D eigenvalue weighted by Crippen LogP contribution is 2.31. The fourth-order valence-corrected chi connectivity index (χ4v) is 1.52. The molecule has 0 bridgehead atoms. The van der Waals surface area contributed by atoms with Gasteiger partial charge in [0.05, 0.1) is 0 Å². The molecule has 0 radical (unpaired) electrons. The van der Waals surface area contributed by atoms with Crippen molar-refractivity contribution in [2.45, 2.75) is 26.7 Å². The Hall–Kier alpha value is -1.51. The van der Waals surface area contributed by atoms with E-state index in [0.29, 0.717) is 12.8 Å². The summed E-state index contributed by atoms with van der Waals surface area (Å²) < 4.78 is 0. The van der Waals surface area contributed by atoms with Crippen molar-refractivity contribution in [1.82, 2.24) is 0 Å². The first-order chi connectivity index (χ1) is 6.94. The molecule has 0 heterocycles. The zero-order chi connectivity index (χ0) is 11.5. The normalized spacial score (nSPS) is 11.3. The van der Waals surface area contributed by atoms with E-state index < -0.39 is 0 Å². The molecule has 3 nitrogen and oxygen atoms in total. The van der Waals surface area contributed by atoms with Crippen LogP contribution in [0.5, 0.6) is 11.5 Å². The van der Waals surface area contributed by atoms with Gasteiger partial charge in [-0.2, -0.15) is 0 Å². The number of phenolic OH excluding ortho intramolecular Hbond substituents is 2. The van der Waals surface area contributed by atoms with Crippen LogP contribution >= 0.6 is 0 Å². The van der Waals surface area contributed by atoms with E-state index in [4.69, 9.17) is 5.11 Å². The minimum atomic E-state index is -0.170. The van der Waals surface area contributed by atoms with Crippen molar-refractivity contribution in [3.63, 3.8) is 0 Å². The molecule has 0 fully saturated rings. The Bertz CT molecular complexity index is 356. The summed E-state index contributed by atoms with van der Waals surface area (Å²) >= 11 is 0. The lowest BCUT2D eigenvalue weighted by atomic mass is 9.83. The van der Waals surface area contributed by atoms with Gasteiger partial charge < -0.3 is 15.0 Å². The first-order valence-corrected chi connectivity index (χ1v) is 4.89. The summed E-state index contributed by atoms with van der Waals surface area (Å²) in [4.78, 5) is 10.4. The summed E-state index contributed by atoms with van der Waals surface area (Å²) in [6, 6.07) is 4.52. The van der Waals surface area contributed by atoms with E-state index >= 15 is 0 Å². The average molecular weight is 208 g/mol. The van der Waals surface area contributed by atoms with Crippen molar-refractivity contribution < 1.29 is 15.0 Å². The molecule has 0 unspecified atom stereocenters. The number of hydrogen-bond donors (Lipinski definition) is 2. The molecule has 0 aliphatic rings. The van der Waals surface area contributed by atoms with Crippen molar-refractivity contribution in [3.05, 3.63) is 23.8 Å². The van der Waals surface area contributed by atoms with Crippen LogP contribution in [-0.2, 0) is 11.2 Å². The Kier molecular flexibility index (Phi) is 3.35. The number of carbonyl (C=O) groups excluding carboxylic acids is 1. The van der Waals surface area contributed by atoms with Gasteiger partial charge in [-0.1, -0.05) is 19.9 Å². The zero-order valence-corrected chi connectivity index (χ0v) is 9.03. The lowest BCUT2D eigenvalue weighted by molar-refractivity contribution is -0.109. The van der Waals surface area contributed by atoms with Crippen LogP contribution in [0.15, 0.2) is 18.2 Å². The Balaban J connectivity index is 2.84. The maximum absolute atomic E-state index is 10.4. The minimum Gasteiger partial charge on any atom is -0.508 e. The van der Waals surface area contributed by atoms with E-state index in [9.17, 15) is 9.90 Å². The van der Waals surface area contributed by atoms with Crippen LogP contribution in [-0.4, -0.2) is 16.5 Å². The second-order valence-corrected chi connectivity index (χ2v) is 4.52. The van der Waals surface area contributed by atoms with Gasteiger partial charge in [0.15, 0.2) is 0 Å². The Labute approximate surface area is 89.4 Å². The molecule has 0 atom stereocenters. The Morgan fingerprint density at radius 2 is 2.00 bits per heavy atom. The molecule has 1 aromatic carbocycles. The summed E-state index contributed by atoms with van der Waals surface area (Å²) in [6.45, 7) is 3.93. The lowest BCUT2D eigenvalue weighted by Crippen LogP contribution is -2.15. The second kappa shape index (κ2) is 4.34. The highest BCUT2D eigenvalue weighted by Gasteiger charge is 2.19. The van der Waals surface area contributed by atoms with E-state index in [1.807, 2.05) is 13.8 Å². The number of aldehydes is 1. The van der Waals surface area contributed by atoms with Gasteiger partial charge in [0, 0.05) is 12.5 Å². The first-order valence-electron chi connectivity index (χ1n) is 4.89. The summed E-state index contributed by atoms with van der Waals surface area (Å²) in [7, 11) is 0. The third kappa shape index (κ3) is 3.27. The van der Waals surface area contributed by atoms with Crippen LogP contribution in [0.3, 0.4) is 0 Å². The largest absolute Gasteiger partial charge is 0.508 e. The number of aromatic hydroxyl groups is 2. The first kappa shape index (κ1) is 11.6. The quantitative estimate of drug-likeness (QED) is 0.746. The van der Waals surface area contributed by atoms with E-state index in [-0.39, 0.29) is 16.9 Å². The third-order valence-corrected chi connectivity index (χ3v) is 2.37. The van der Waals surface area contributed by atoms with Gasteiger partial charge in [-0.15, -0.1) is 0 Å². The SMILES string of the molecule is CC(C)(CC=O)Cc1ccc(O)cc1O. The van der Waals surface area contributed by atoms with Gasteiger partial charge in [-0.25, -0.2) is 0 Å². The highest BCUT2D eigenvalue weighted by molar-refractivity contribution is 5.51. The number of carbonyl (C=O) groups is 1. The van der Waals surface area contributed by atoms with Crippen molar-refractivity contribution in [2.24, 2.45) is 5.41 Å². The zero-order valence-electron chi connectivity index (χ0n) is 9.03. The van der Waals surface area contributed by atoms with Crippen molar-refractivity contribution in [2.75, 3.05) is 0 Å². The van der Waals surface area contributed by atoms with E-state index in [1.165, 1.54) is 12.1 Å². The van der Waals surface area contributed by atoms with Crippen molar-refractivity contribution in [1.29, 1.82) is 0 Å². The molecular weight excluding hydrogens is 192 g/mol. The maximum Gasteiger partial charge on any atom is 0.122 e. The minimum absolute atomic E-state index is 0.0458. The Morgan fingerprint density at radius 3 is 2.53 bits per heavy atom. The van der Waals surface area contributed by atoms with Crippen LogP contribution in [0.4, 0.5) is 0 Å². The maximum atomic E-state index is 10.4. The topological polar surface area (TPSA) is 57.5 Å². The van der Waals surface area contributed by atoms with Gasteiger partial charge in [0.25, 0.3) is 0 Å². The molecule has 0 aliphatic carbocycles. The van der Waals surface area contributed by atoms with Crippen LogP contribution in [0.25, 0.3) is 0 Å². The molecule has 3 heteroatoms. The molecule has 0 aromatic heterocycles. The van der Waals surface area contributed by atoms with Crippen molar-refractivity contribution >= 4 is 6.29 Å². The smallest absolute Gasteiger partial charge is 0.122 e. The van der Waals surface area contributed by atoms with Crippen LogP contribution in [0, 0.1) is 5.41 Å². The predicted octanol–water partition coefficient (Wildman–Crippen LogP) is 2.26. The van der Waals surface area contributed by atoms with Gasteiger partial charge in [0.1, 0.15) is 17.8 Å². The Morgan fingerprint density at radius 1 is 1.33 bits per heavy atom. The van der Waals surface area contributed by atoms with Crippen LogP contribution in [0.1, 0.15) is 25.8 Å². The number of rotatable bonds is 4. The van der Waals surface area contributed by atoms with E-state index in [0.717, 1.165) is 11.8 Å². The summed E-state index contributed by atoms with van der Waals surface area (Å²) in [5.74, 6) is 0.124. The molecule has 82 valence electrons. The van der Waals surface area contributed by atoms with Gasteiger partial charge in [-0.3, -0.25) is 0 Å². The molecule has 0 spiro atoms. The van der Waals surface area contributed by atoms with Gasteiger partial charge in [0.2, 0.25) is 0 Å². The summed E-state index contributed by atoms with van der Waals surface area (Å²) in [5, 5.41) is 18.7. The van der Waals surface area contributed by atoms with Crippen LogP contribution in [0.2, 0.25) is 0 Å². The molecule has 2 N–H and O–H groups in total. The predicted molar refractivity (Wildman–Crippen MR) is 57.9 cm³/mol. The molecule has 1 aromatic rings. The fraction of sp³-hybridized carbons (Fsp3) is 0.417. The monoisotopic (exact) mass is 208 g/mol. The van der Waals surface area contributed by atoms with E-state index in [1.54, 1.807) is 6.07 Å². The molecule has 15 heavy (non-hydrogen) atoms. The number of phenols is 2. The second-order valence-electron chi connectivity index (χ2n) is 4.52. The van der Waals surface area contributed by atoms with Crippen LogP contribution < -0.4 is 0 Å². The number of benzene rings is 1. The average Bonchev–Trinajstić information content (AvgIpc) is 2.09. The summed E-state index contributed by atoms with van der Waals surface area (Å²) in [6.07, 6.45) is 1.95. The molecule has 1 rings (SSSR count). The van der Waals surface area contributed by atoms with Gasteiger partial charge >= 0.3 is 0 Å². The lowest BCUT2D eigenvalue weighted by Gasteiger charge is -2.22. The summed E-state index contributed by atoms with van der Waals surface area (Å²) in [5.41, 5.74) is 0.579. The molecular formula is C12H16O3. The van der Waals surface area contributed by atoms with E-state index in [2.05, 4.69) is 0 Å². The molecule has 0 saturated carbocycles. The molecule has 0 aliphatic heterocycles. The fourth-order valence-electron chi connectivity index (χ4n) is 1.52. The standard InChI is InChI=1S/C12H16O3/c1-12(2,5-6-13)8-9-3-4-10(14)7-11(9)15/h3-4,6-7,14-15H,5,8H2,1-2H3. The highest BCUT2D eigenvalue weighted by atomic mass is 16.3. The van der Waals surface area contributed by atoms with Gasteiger partial charge in [-0.05, 0) is 23.5 Å². The number of hydrogen-bond acceptors (Lipinski definition) is 3. The van der Waals surface area contributed by atoms with Crippen molar-refractivity contribution in [3.8, 4) is 11.5 Å².